The molecule has 0 aliphatic heterocycles. The molecule has 0 amide bonds. The van der Waals surface area contributed by atoms with Crippen LogP contribution in [-0.4, -0.2) is 25.1 Å². The van der Waals surface area contributed by atoms with Crippen molar-refractivity contribution in [2.24, 2.45) is 0 Å². The summed E-state index contributed by atoms with van der Waals surface area (Å²) in [6.45, 7) is 0. The lowest BCUT2D eigenvalue weighted by Crippen LogP contribution is -1.88. The molecular formula is C7H6ClN5. The highest BCUT2D eigenvalue weighted by Crippen LogP contribution is 2.07. The Kier molecular flexibility index (Phi) is 2.18. The maximum Gasteiger partial charge on any atom is 0.219 e. The topological polar surface area (TPSA) is 67.3 Å². The fourth-order valence-corrected chi connectivity index (χ4v) is 0.989. The minimum atomic E-state index is 0.305. The number of nitrogens with zero attached hydrogens (tertiary/aromatic N) is 4. The van der Waals surface area contributed by atoms with Gasteiger partial charge in [0.1, 0.15) is 5.82 Å². The molecule has 6 heteroatoms. The van der Waals surface area contributed by atoms with Gasteiger partial charge in [-0.05, 0) is 6.07 Å². The SMILES string of the molecule is ClCc1nc(-c2ncccn2)n[nH]1. The third kappa shape index (κ3) is 1.65. The van der Waals surface area contributed by atoms with Crippen LogP contribution in [0.1, 0.15) is 5.82 Å². The molecule has 1 N–H and O–H groups in total. The number of rotatable bonds is 2. The molecule has 66 valence electrons. The lowest BCUT2D eigenvalue weighted by molar-refractivity contribution is 1.02. The molecule has 0 unspecified atom stereocenters. The van der Waals surface area contributed by atoms with Crippen molar-refractivity contribution in [1.29, 1.82) is 0 Å². The second kappa shape index (κ2) is 3.49. The van der Waals surface area contributed by atoms with E-state index in [4.69, 9.17) is 11.6 Å². The fourth-order valence-electron chi connectivity index (χ4n) is 0.870. The van der Waals surface area contributed by atoms with E-state index in [0.29, 0.717) is 23.4 Å². The van der Waals surface area contributed by atoms with Crippen LogP contribution in [0, 0.1) is 0 Å². The summed E-state index contributed by atoms with van der Waals surface area (Å²) in [5, 5.41) is 6.59. The molecule has 0 atom stereocenters. The monoisotopic (exact) mass is 195 g/mol. The molecule has 0 aliphatic carbocycles. The Morgan fingerprint density at radius 1 is 1.23 bits per heavy atom. The summed E-state index contributed by atoms with van der Waals surface area (Å²) in [6.07, 6.45) is 3.28. The minimum Gasteiger partial charge on any atom is -0.262 e. The van der Waals surface area contributed by atoms with E-state index in [2.05, 4.69) is 25.1 Å². The number of aromatic nitrogens is 5. The van der Waals surface area contributed by atoms with Gasteiger partial charge in [-0.15, -0.1) is 16.7 Å². The standard InChI is InChI=1S/C7H6ClN5/c8-4-5-11-7(13-12-5)6-9-2-1-3-10-6/h1-3H,4H2,(H,11,12,13). The van der Waals surface area contributed by atoms with E-state index in [0.717, 1.165) is 0 Å². The zero-order valence-corrected chi connectivity index (χ0v) is 7.36. The Morgan fingerprint density at radius 3 is 2.62 bits per heavy atom. The Hall–Kier alpha value is -1.49. The van der Waals surface area contributed by atoms with Crippen molar-refractivity contribution in [3.63, 3.8) is 0 Å². The zero-order valence-electron chi connectivity index (χ0n) is 6.61. The largest absolute Gasteiger partial charge is 0.262 e. The van der Waals surface area contributed by atoms with Crippen LogP contribution >= 0.6 is 11.6 Å². The molecule has 0 bridgehead atoms. The van der Waals surface area contributed by atoms with Crippen LogP contribution in [-0.2, 0) is 5.88 Å². The molecule has 13 heavy (non-hydrogen) atoms. The number of halogens is 1. The van der Waals surface area contributed by atoms with Crippen LogP contribution in [0.25, 0.3) is 11.6 Å². The molecule has 5 nitrogen and oxygen atoms in total. The Balaban J connectivity index is 2.36. The minimum absolute atomic E-state index is 0.305. The van der Waals surface area contributed by atoms with Gasteiger partial charge in [0.15, 0.2) is 5.82 Å². The molecule has 0 saturated carbocycles. The quantitative estimate of drug-likeness (QED) is 0.726. The lowest BCUT2D eigenvalue weighted by Gasteiger charge is -1.88. The van der Waals surface area contributed by atoms with Crippen LogP contribution in [0.5, 0.6) is 0 Å². The number of aromatic amines is 1. The first-order chi connectivity index (χ1) is 6.40. The van der Waals surface area contributed by atoms with Crippen LogP contribution < -0.4 is 0 Å². The molecule has 2 heterocycles. The predicted molar refractivity (Wildman–Crippen MR) is 47.0 cm³/mol. The molecule has 2 rings (SSSR count). The Bertz CT molecular complexity index is 385. The van der Waals surface area contributed by atoms with Gasteiger partial charge >= 0.3 is 0 Å². The molecular weight excluding hydrogens is 190 g/mol. The smallest absolute Gasteiger partial charge is 0.219 e. The van der Waals surface area contributed by atoms with Gasteiger partial charge in [-0.3, -0.25) is 5.10 Å². The van der Waals surface area contributed by atoms with Gasteiger partial charge in [0.05, 0.1) is 5.88 Å². The third-order valence-electron chi connectivity index (χ3n) is 1.42. The molecule has 2 aromatic heterocycles. The van der Waals surface area contributed by atoms with Crippen LogP contribution in [0.3, 0.4) is 0 Å². The first-order valence-electron chi connectivity index (χ1n) is 3.65. The van der Waals surface area contributed by atoms with Gasteiger partial charge in [0.2, 0.25) is 5.82 Å². The van der Waals surface area contributed by atoms with Crippen molar-refractivity contribution in [2.75, 3.05) is 0 Å². The second-order valence-corrected chi connectivity index (χ2v) is 2.58. The third-order valence-corrected chi connectivity index (χ3v) is 1.68. The lowest BCUT2D eigenvalue weighted by atomic mass is 10.5. The molecule has 0 aromatic carbocycles. The highest BCUT2D eigenvalue weighted by atomic mass is 35.5. The summed E-state index contributed by atoms with van der Waals surface area (Å²) in [7, 11) is 0. The maximum absolute atomic E-state index is 5.55. The number of alkyl halides is 1. The van der Waals surface area contributed by atoms with E-state index < -0.39 is 0 Å². The van der Waals surface area contributed by atoms with E-state index in [-0.39, 0.29) is 0 Å². The van der Waals surface area contributed by atoms with Crippen LogP contribution in [0.4, 0.5) is 0 Å². The van der Waals surface area contributed by atoms with E-state index >= 15 is 0 Å². The Labute approximate surface area is 79.2 Å². The second-order valence-electron chi connectivity index (χ2n) is 2.31. The molecule has 0 aliphatic rings. The summed E-state index contributed by atoms with van der Waals surface area (Å²) in [5.74, 6) is 1.88. The first-order valence-corrected chi connectivity index (χ1v) is 4.18. The first kappa shape index (κ1) is 8.12. The van der Waals surface area contributed by atoms with Crippen molar-refractivity contribution in [3.8, 4) is 11.6 Å². The van der Waals surface area contributed by atoms with E-state index in [1.54, 1.807) is 18.5 Å². The highest BCUT2D eigenvalue weighted by molar-refractivity contribution is 6.16. The van der Waals surface area contributed by atoms with Gasteiger partial charge in [-0.2, -0.15) is 0 Å². The van der Waals surface area contributed by atoms with Gasteiger partial charge in [0.25, 0.3) is 0 Å². The van der Waals surface area contributed by atoms with E-state index in [1.807, 2.05) is 0 Å². The highest BCUT2D eigenvalue weighted by Gasteiger charge is 2.06. The van der Waals surface area contributed by atoms with E-state index in [9.17, 15) is 0 Å². The Morgan fingerprint density at radius 2 is 2.00 bits per heavy atom. The van der Waals surface area contributed by atoms with Crippen molar-refractivity contribution in [1.82, 2.24) is 25.1 Å². The van der Waals surface area contributed by atoms with Gasteiger partial charge in [-0.25, -0.2) is 15.0 Å². The average Bonchev–Trinajstić information content (AvgIpc) is 2.67. The summed E-state index contributed by atoms with van der Waals surface area (Å²) in [4.78, 5) is 12.1. The van der Waals surface area contributed by atoms with Crippen molar-refractivity contribution in [3.05, 3.63) is 24.3 Å². The van der Waals surface area contributed by atoms with Crippen molar-refractivity contribution in [2.45, 2.75) is 5.88 Å². The van der Waals surface area contributed by atoms with Crippen LogP contribution in [0.15, 0.2) is 18.5 Å². The molecule has 0 fully saturated rings. The number of hydrogen-bond donors (Lipinski definition) is 1. The summed E-state index contributed by atoms with van der Waals surface area (Å²) in [5.41, 5.74) is 0. The number of hydrogen-bond acceptors (Lipinski definition) is 4. The molecule has 0 radical (unpaired) electrons. The zero-order chi connectivity index (χ0) is 9.10. The number of H-pyrrole nitrogens is 1. The van der Waals surface area contributed by atoms with Crippen LogP contribution in [0.2, 0.25) is 0 Å². The molecule has 0 spiro atoms. The molecule has 0 saturated heterocycles. The van der Waals surface area contributed by atoms with Gasteiger partial charge in [0, 0.05) is 12.4 Å². The molecule has 2 aromatic rings. The summed E-state index contributed by atoms with van der Waals surface area (Å²) in [6, 6.07) is 1.73. The summed E-state index contributed by atoms with van der Waals surface area (Å²) >= 11 is 5.55. The normalized spacial score (nSPS) is 10.2. The number of nitrogens with one attached hydrogen (secondary N) is 1. The van der Waals surface area contributed by atoms with E-state index in [1.165, 1.54) is 0 Å². The average molecular weight is 196 g/mol. The maximum atomic E-state index is 5.55. The van der Waals surface area contributed by atoms with Crippen molar-refractivity contribution >= 4 is 11.6 Å². The summed E-state index contributed by atoms with van der Waals surface area (Å²) < 4.78 is 0. The van der Waals surface area contributed by atoms with Gasteiger partial charge in [-0.1, -0.05) is 0 Å². The van der Waals surface area contributed by atoms with Gasteiger partial charge < -0.3 is 0 Å². The fraction of sp³-hybridized carbons (Fsp3) is 0.143. The predicted octanol–water partition coefficient (Wildman–Crippen LogP) is 1.00. The van der Waals surface area contributed by atoms with Crippen molar-refractivity contribution < 1.29 is 0 Å².